The highest BCUT2D eigenvalue weighted by Crippen LogP contribution is 2.35. The summed E-state index contributed by atoms with van der Waals surface area (Å²) in [5.74, 6) is -0.431. The molecule has 6 heteroatoms. The van der Waals surface area contributed by atoms with Crippen molar-refractivity contribution in [2.75, 3.05) is 11.5 Å². The van der Waals surface area contributed by atoms with Crippen LogP contribution in [-0.4, -0.2) is 24.5 Å². The third-order valence-electron chi connectivity index (χ3n) is 4.39. The summed E-state index contributed by atoms with van der Waals surface area (Å²) in [6.07, 6.45) is 5.45. The molecule has 0 aromatic heterocycles. The summed E-state index contributed by atoms with van der Waals surface area (Å²) in [7, 11) is 0. The van der Waals surface area contributed by atoms with Crippen molar-refractivity contribution >= 4 is 29.1 Å². The number of rotatable bonds is 5. The molecule has 0 saturated heterocycles. The van der Waals surface area contributed by atoms with E-state index < -0.39 is 11.8 Å². The summed E-state index contributed by atoms with van der Waals surface area (Å²) in [4.78, 5) is 26.4. The van der Waals surface area contributed by atoms with Crippen molar-refractivity contribution in [2.24, 2.45) is 0 Å². The number of nitrogens with zero attached hydrogens (tertiary/aromatic N) is 1. The Labute approximate surface area is 146 Å². The molecular weight excluding hydrogens is 328 g/mol. The van der Waals surface area contributed by atoms with Gasteiger partial charge < -0.3 is 10.1 Å². The number of amides is 2. The predicted octanol–water partition coefficient (Wildman–Crippen LogP) is 3.33. The topological polar surface area (TPSA) is 58.6 Å². The lowest BCUT2D eigenvalue weighted by atomic mass is 9.95. The number of benzene rings is 1. The number of anilines is 1. The standard InChI is InChI=1S/C18H21ClN2O3/c1-2-24-14-11-7-6-10-13(14)21-17(22)15(19)16(18(21)23)20-12-8-4-3-5-9-12/h6-7,10-12,20H,2-5,8-9H2,1H3. The molecule has 0 atom stereocenters. The van der Waals surface area contributed by atoms with E-state index in [0.717, 1.165) is 30.6 Å². The summed E-state index contributed by atoms with van der Waals surface area (Å²) >= 11 is 6.18. The van der Waals surface area contributed by atoms with E-state index in [9.17, 15) is 9.59 Å². The Balaban J connectivity index is 1.85. The van der Waals surface area contributed by atoms with Gasteiger partial charge in [0.15, 0.2) is 0 Å². The normalized spacial score (nSPS) is 19.2. The average Bonchev–Trinajstić information content (AvgIpc) is 2.81. The molecule has 24 heavy (non-hydrogen) atoms. The Morgan fingerprint density at radius 1 is 1.17 bits per heavy atom. The predicted molar refractivity (Wildman–Crippen MR) is 93.0 cm³/mol. The lowest BCUT2D eigenvalue weighted by molar-refractivity contribution is -0.120. The zero-order valence-electron chi connectivity index (χ0n) is 13.7. The van der Waals surface area contributed by atoms with E-state index in [1.165, 1.54) is 6.42 Å². The highest BCUT2D eigenvalue weighted by atomic mass is 35.5. The molecule has 1 aliphatic heterocycles. The summed E-state index contributed by atoms with van der Waals surface area (Å²) in [6, 6.07) is 7.18. The van der Waals surface area contributed by atoms with Gasteiger partial charge in [-0.25, -0.2) is 4.90 Å². The van der Waals surface area contributed by atoms with Crippen LogP contribution in [0.2, 0.25) is 0 Å². The van der Waals surface area contributed by atoms with E-state index in [-0.39, 0.29) is 16.8 Å². The summed E-state index contributed by atoms with van der Waals surface area (Å²) in [5.41, 5.74) is 0.632. The third kappa shape index (κ3) is 3.13. The summed E-state index contributed by atoms with van der Waals surface area (Å²) in [5, 5.41) is 3.15. The molecule has 1 aromatic rings. The van der Waals surface area contributed by atoms with Crippen LogP contribution in [0.4, 0.5) is 5.69 Å². The highest BCUT2D eigenvalue weighted by molar-refractivity contribution is 6.52. The minimum Gasteiger partial charge on any atom is -0.492 e. The molecule has 1 saturated carbocycles. The fourth-order valence-electron chi connectivity index (χ4n) is 3.22. The van der Waals surface area contributed by atoms with Gasteiger partial charge in [-0.05, 0) is 31.9 Å². The number of hydrogen-bond acceptors (Lipinski definition) is 4. The molecule has 5 nitrogen and oxygen atoms in total. The number of hydrogen-bond donors (Lipinski definition) is 1. The number of halogens is 1. The van der Waals surface area contributed by atoms with Crippen LogP contribution in [0, 0.1) is 0 Å². The van der Waals surface area contributed by atoms with Gasteiger partial charge >= 0.3 is 0 Å². The van der Waals surface area contributed by atoms with Crippen LogP contribution in [0.3, 0.4) is 0 Å². The van der Waals surface area contributed by atoms with Crippen molar-refractivity contribution in [1.29, 1.82) is 0 Å². The zero-order valence-corrected chi connectivity index (χ0v) is 14.4. The molecule has 2 amide bonds. The van der Waals surface area contributed by atoms with E-state index in [2.05, 4.69) is 5.32 Å². The van der Waals surface area contributed by atoms with Gasteiger partial charge in [-0.3, -0.25) is 9.59 Å². The molecule has 0 spiro atoms. The minimum atomic E-state index is -0.507. The molecule has 3 rings (SSSR count). The largest absolute Gasteiger partial charge is 0.492 e. The van der Waals surface area contributed by atoms with Crippen LogP contribution < -0.4 is 15.0 Å². The Morgan fingerprint density at radius 2 is 1.88 bits per heavy atom. The van der Waals surface area contributed by atoms with Crippen molar-refractivity contribution in [2.45, 2.75) is 45.1 Å². The van der Waals surface area contributed by atoms with Gasteiger partial charge in [0, 0.05) is 6.04 Å². The van der Waals surface area contributed by atoms with Crippen molar-refractivity contribution in [3.05, 3.63) is 35.0 Å². The van der Waals surface area contributed by atoms with Crippen LogP contribution in [0.5, 0.6) is 5.75 Å². The Morgan fingerprint density at radius 3 is 2.58 bits per heavy atom. The molecule has 1 aromatic carbocycles. The quantitative estimate of drug-likeness (QED) is 0.829. The van der Waals surface area contributed by atoms with E-state index in [4.69, 9.17) is 16.3 Å². The van der Waals surface area contributed by atoms with Gasteiger partial charge in [0.25, 0.3) is 11.8 Å². The fraction of sp³-hybridized carbons (Fsp3) is 0.444. The molecule has 1 heterocycles. The highest BCUT2D eigenvalue weighted by Gasteiger charge is 2.40. The lowest BCUT2D eigenvalue weighted by Gasteiger charge is -2.24. The maximum absolute atomic E-state index is 12.8. The van der Waals surface area contributed by atoms with E-state index in [1.54, 1.807) is 24.3 Å². The van der Waals surface area contributed by atoms with Gasteiger partial charge in [0.05, 0.1) is 12.3 Å². The Hall–Kier alpha value is -2.01. The summed E-state index contributed by atoms with van der Waals surface area (Å²) in [6.45, 7) is 2.30. The first-order valence-corrected chi connectivity index (χ1v) is 8.78. The molecule has 128 valence electrons. The van der Waals surface area contributed by atoms with E-state index >= 15 is 0 Å². The lowest BCUT2D eigenvalue weighted by Crippen LogP contribution is -2.37. The van der Waals surface area contributed by atoms with Gasteiger partial charge in [-0.2, -0.15) is 0 Å². The number of carbonyl (C=O) groups excluding carboxylic acids is 2. The van der Waals surface area contributed by atoms with Crippen LogP contribution in [0.1, 0.15) is 39.0 Å². The average molecular weight is 349 g/mol. The molecule has 1 aliphatic carbocycles. The molecule has 1 fully saturated rings. The second-order valence-corrected chi connectivity index (χ2v) is 6.39. The number of imide groups is 1. The van der Waals surface area contributed by atoms with Crippen LogP contribution >= 0.6 is 11.6 Å². The van der Waals surface area contributed by atoms with E-state index in [0.29, 0.717) is 18.0 Å². The first kappa shape index (κ1) is 16.8. The Kier molecular flexibility index (Phi) is 5.09. The molecule has 0 radical (unpaired) electrons. The van der Waals surface area contributed by atoms with Crippen LogP contribution in [0.25, 0.3) is 0 Å². The number of ether oxygens (including phenoxy) is 1. The van der Waals surface area contributed by atoms with Crippen molar-refractivity contribution < 1.29 is 14.3 Å². The molecular formula is C18H21ClN2O3. The SMILES string of the molecule is CCOc1ccccc1N1C(=O)C(Cl)=C(NC2CCCCC2)C1=O. The monoisotopic (exact) mass is 348 g/mol. The molecule has 0 bridgehead atoms. The first-order chi connectivity index (χ1) is 11.6. The van der Waals surface area contributed by atoms with Crippen LogP contribution in [-0.2, 0) is 9.59 Å². The molecule has 2 aliphatic rings. The van der Waals surface area contributed by atoms with Crippen molar-refractivity contribution in [3.8, 4) is 5.75 Å². The van der Waals surface area contributed by atoms with Crippen molar-refractivity contribution in [3.63, 3.8) is 0 Å². The molecule has 1 N–H and O–H groups in total. The first-order valence-electron chi connectivity index (χ1n) is 8.40. The Bertz CT molecular complexity index is 681. The van der Waals surface area contributed by atoms with Gasteiger partial charge in [-0.1, -0.05) is 43.0 Å². The second-order valence-electron chi connectivity index (χ2n) is 6.01. The van der Waals surface area contributed by atoms with Crippen molar-refractivity contribution in [1.82, 2.24) is 5.32 Å². The number of carbonyl (C=O) groups is 2. The molecule has 0 unspecified atom stereocenters. The minimum absolute atomic E-state index is 0.0446. The number of para-hydroxylation sites is 2. The smallest absolute Gasteiger partial charge is 0.283 e. The maximum Gasteiger partial charge on any atom is 0.283 e. The zero-order chi connectivity index (χ0) is 17.1. The fourth-order valence-corrected chi connectivity index (χ4v) is 3.44. The summed E-state index contributed by atoms with van der Waals surface area (Å²) < 4.78 is 5.54. The maximum atomic E-state index is 12.8. The van der Waals surface area contributed by atoms with E-state index in [1.807, 2.05) is 6.92 Å². The van der Waals surface area contributed by atoms with Crippen LogP contribution in [0.15, 0.2) is 35.0 Å². The second kappa shape index (κ2) is 7.26. The number of nitrogens with one attached hydrogen (secondary N) is 1. The van der Waals surface area contributed by atoms with Gasteiger partial charge in [-0.15, -0.1) is 0 Å². The van der Waals surface area contributed by atoms with Gasteiger partial charge in [0.2, 0.25) is 0 Å². The third-order valence-corrected chi connectivity index (χ3v) is 4.74. The van der Waals surface area contributed by atoms with Gasteiger partial charge in [0.1, 0.15) is 16.5 Å².